The van der Waals surface area contributed by atoms with Crippen LogP contribution in [-0.4, -0.2) is 6.29 Å². The predicted octanol–water partition coefficient (Wildman–Crippen LogP) is 4.32. The van der Waals surface area contributed by atoms with Crippen LogP contribution >= 0.6 is 0 Å². The Kier molecular flexibility index (Phi) is 3.38. The summed E-state index contributed by atoms with van der Waals surface area (Å²) in [7, 11) is 0. The molecule has 0 amide bonds. The van der Waals surface area contributed by atoms with Crippen molar-refractivity contribution in [2.24, 2.45) is 0 Å². The second-order valence-corrected chi connectivity index (χ2v) is 3.90. The van der Waals surface area contributed by atoms with Crippen LogP contribution in [0.4, 0.5) is 17.6 Å². The van der Waals surface area contributed by atoms with Crippen molar-refractivity contribution in [1.29, 1.82) is 0 Å². The summed E-state index contributed by atoms with van der Waals surface area (Å²) in [5, 5.41) is 0. The van der Waals surface area contributed by atoms with E-state index in [1.54, 1.807) is 6.07 Å². The van der Waals surface area contributed by atoms with Crippen molar-refractivity contribution < 1.29 is 22.4 Å². The van der Waals surface area contributed by atoms with E-state index in [1.807, 2.05) is 0 Å². The molecule has 0 aliphatic carbocycles. The van der Waals surface area contributed by atoms with Gasteiger partial charge in [-0.1, -0.05) is 24.3 Å². The number of halogens is 4. The molecule has 0 aliphatic heterocycles. The third-order valence-corrected chi connectivity index (χ3v) is 2.67. The summed E-state index contributed by atoms with van der Waals surface area (Å²) in [5.74, 6) is -0.803. The maximum absolute atomic E-state index is 13.7. The lowest BCUT2D eigenvalue weighted by Gasteiger charge is -2.11. The van der Waals surface area contributed by atoms with Gasteiger partial charge in [0.05, 0.1) is 5.56 Å². The van der Waals surface area contributed by atoms with Gasteiger partial charge in [0.1, 0.15) is 5.82 Å². The molecule has 0 bridgehead atoms. The number of benzene rings is 2. The lowest BCUT2D eigenvalue weighted by atomic mass is 9.98. The predicted molar refractivity (Wildman–Crippen MR) is 62.2 cm³/mol. The highest BCUT2D eigenvalue weighted by Gasteiger charge is 2.31. The van der Waals surface area contributed by atoms with Crippen LogP contribution in [0.2, 0.25) is 0 Å². The molecule has 98 valence electrons. The van der Waals surface area contributed by atoms with E-state index in [1.165, 1.54) is 18.2 Å². The minimum Gasteiger partial charge on any atom is -0.298 e. The first-order valence-corrected chi connectivity index (χ1v) is 5.35. The smallest absolute Gasteiger partial charge is 0.298 e. The monoisotopic (exact) mass is 268 g/mol. The molecule has 0 fully saturated rings. The molecule has 0 unspecified atom stereocenters. The Hall–Kier alpha value is -2.17. The van der Waals surface area contributed by atoms with Gasteiger partial charge in [0.25, 0.3) is 0 Å². The number of hydrogen-bond donors (Lipinski definition) is 0. The molecule has 5 heteroatoms. The highest BCUT2D eigenvalue weighted by atomic mass is 19.4. The molecule has 2 rings (SSSR count). The van der Waals surface area contributed by atoms with Gasteiger partial charge >= 0.3 is 6.18 Å². The van der Waals surface area contributed by atoms with Crippen LogP contribution in [-0.2, 0) is 6.18 Å². The van der Waals surface area contributed by atoms with Gasteiger partial charge in [0.15, 0.2) is 6.29 Å². The zero-order valence-electron chi connectivity index (χ0n) is 9.54. The average Bonchev–Trinajstić information content (AvgIpc) is 2.38. The fourth-order valence-corrected chi connectivity index (χ4v) is 1.75. The highest BCUT2D eigenvalue weighted by molar-refractivity contribution is 5.87. The summed E-state index contributed by atoms with van der Waals surface area (Å²) in [6.07, 6.45) is -4.08. The molecule has 0 spiro atoms. The van der Waals surface area contributed by atoms with Gasteiger partial charge in [-0.25, -0.2) is 4.39 Å². The third-order valence-electron chi connectivity index (χ3n) is 2.67. The summed E-state index contributed by atoms with van der Waals surface area (Å²) in [6, 6.07) is 8.03. The van der Waals surface area contributed by atoms with Gasteiger partial charge < -0.3 is 0 Å². The van der Waals surface area contributed by atoms with E-state index >= 15 is 0 Å². The topological polar surface area (TPSA) is 17.1 Å². The molecule has 0 atom stereocenters. The van der Waals surface area contributed by atoms with E-state index in [9.17, 15) is 22.4 Å². The van der Waals surface area contributed by atoms with Gasteiger partial charge in [0.2, 0.25) is 0 Å². The summed E-state index contributed by atoms with van der Waals surface area (Å²) in [6.45, 7) is 0. The van der Waals surface area contributed by atoms with Crippen LogP contribution in [0.1, 0.15) is 15.9 Å². The van der Waals surface area contributed by atoms with Crippen LogP contribution in [0.5, 0.6) is 0 Å². The van der Waals surface area contributed by atoms with E-state index in [0.29, 0.717) is 18.4 Å². The first-order chi connectivity index (χ1) is 8.93. The zero-order chi connectivity index (χ0) is 14.0. The summed E-state index contributed by atoms with van der Waals surface area (Å²) in [4.78, 5) is 10.8. The molecule has 1 nitrogen and oxygen atoms in total. The van der Waals surface area contributed by atoms with Crippen molar-refractivity contribution in [1.82, 2.24) is 0 Å². The molecule has 0 heterocycles. The summed E-state index contributed by atoms with van der Waals surface area (Å²) < 4.78 is 51.5. The van der Waals surface area contributed by atoms with Gasteiger partial charge in [-0.15, -0.1) is 0 Å². The van der Waals surface area contributed by atoms with Gasteiger partial charge in [-0.3, -0.25) is 4.79 Å². The third kappa shape index (κ3) is 2.65. The van der Waals surface area contributed by atoms with Crippen molar-refractivity contribution in [3.05, 3.63) is 59.4 Å². The maximum Gasteiger partial charge on any atom is 0.416 e. The zero-order valence-corrected chi connectivity index (χ0v) is 9.54. The molecule has 2 aromatic carbocycles. The van der Waals surface area contributed by atoms with E-state index in [2.05, 4.69) is 0 Å². The van der Waals surface area contributed by atoms with Crippen LogP contribution < -0.4 is 0 Å². The Bertz CT molecular complexity index is 617. The Labute approximate surface area is 106 Å². The number of carbonyl (C=O) groups excluding carboxylic acids is 1. The normalized spacial score (nSPS) is 11.4. The van der Waals surface area contributed by atoms with Crippen LogP contribution in [0.25, 0.3) is 11.1 Å². The van der Waals surface area contributed by atoms with Gasteiger partial charge in [0, 0.05) is 11.1 Å². The number of aldehydes is 1. The summed E-state index contributed by atoms with van der Waals surface area (Å²) >= 11 is 0. The minimum atomic E-state index is -4.56. The van der Waals surface area contributed by atoms with E-state index in [4.69, 9.17) is 0 Å². The van der Waals surface area contributed by atoms with E-state index < -0.39 is 17.6 Å². The van der Waals surface area contributed by atoms with Crippen molar-refractivity contribution >= 4 is 6.29 Å². The molecule has 0 saturated carbocycles. The Morgan fingerprint density at radius 1 is 0.947 bits per heavy atom. The second kappa shape index (κ2) is 4.84. The molecule has 0 N–H and O–H groups in total. The van der Waals surface area contributed by atoms with Crippen LogP contribution in [0, 0.1) is 5.82 Å². The first kappa shape index (κ1) is 13.3. The second-order valence-electron chi connectivity index (χ2n) is 3.90. The number of carbonyl (C=O) groups is 1. The molecule has 19 heavy (non-hydrogen) atoms. The fourth-order valence-electron chi connectivity index (χ4n) is 1.75. The average molecular weight is 268 g/mol. The molecule has 2 aromatic rings. The lowest BCUT2D eigenvalue weighted by molar-refractivity contribution is -0.137. The molecular formula is C14H8F4O. The molecule has 0 aromatic heterocycles. The largest absolute Gasteiger partial charge is 0.416 e. The molecule has 0 saturated heterocycles. The summed E-state index contributed by atoms with van der Waals surface area (Å²) in [5.41, 5.74) is -0.913. The van der Waals surface area contributed by atoms with Crippen molar-refractivity contribution in [3.63, 3.8) is 0 Å². The molecule has 0 aliphatic rings. The SMILES string of the molecule is O=Cc1ccccc1-c1cc(C(F)(F)F)ccc1F. The standard InChI is InChI=1S/C14H8F4O/c15-13-6-5-10(14(16,17)18)7-12(13)11-4-2-1-3-9(11)8-19/h1-8H. The van der Waals surface area contributed by atoms with E-state index in [0.717, 1.165) is 6.07 Å². The van der Waals surface area contributed by atoms with Gasteiger partial charge in [-0.05, 0) is 23.8 Å². The Morgan fingerprint density at radius 2 is 1.63 bits per heavy atom. The lowest BCUT2D eigenvalue weighted by Crippen LogP contribution is -2.05. The van der Waals surface area contributed by atoms with Crippen LogP contribution in [0.3, 0.4) is 0 Å². The van der Waals surface area contributed by atoms with Crippen molar-refractivity contribution in [2.45, 2.75) is 6.18 Å². The van der Waals surface area contributed by atoms with Crippen LogP contribution in [0.15, 0.2) is 42.5 Å². The fraction of sp³-hybridized carbons (Fsp3) is 0.0714. The van der Waals surface area contributed by atoms with Crippen molar-refractivity contribution in [2.75, 3.05) is 0 Å². The van der Waals surface area contributed by atoms with Gasteiger partial charge in [-0.2, -0.15) is 13.2 Å². The quantitative estimate of drug-likeness (QED) is 0.585. The number of rotatable bonds is 2. The molecular weight excluding hydrogens is 260 g/mol. The number of hydrogen-bond acceptors (Lipinski definition) is 1. The Balaban J connectivity index is 2.65. The Morgan fingerprint density at radius 3 is 2.26 bits per heavy atom. The molecule has 0 radical (unpaired) electrons. The first-order valence-electron chi connectivity index (χ1n) is 5.35. The number of alkyl halides is 3. The minimum absolute atomic E-state index is 0.140. The maximum atomic E-state index is 13.7. The van der Waals surface area contributed by atoms with Crippen molar-refractivity contribution in [3.8, 4) is 11.1 Å². The van der Waals surface area contributed by atoms with E-state index in [-0.39, 0.29) is 16.7 Å². The highest BCUT2D eigenvalue weighted by Crippen LogP contribution is 2.34.